The fourth-order valence-electron chi connectivity index (χ4n) is 3.09. The number of fused-ring (bicyclic) bond motifs is 1. The molecule has 0 saturated heterocycles. The maximum Gasteiger partial charge on any atom is 0.344 e. The van der Waals surface area contributed by atoms with Gasteiger partial charge in [0, 0.05) is 0 Å². The minimum absolute atomic E-state index is 0.0110. The van der Waals surface area contributed by atoms with Crippen LogP contribution >= 0.6 is 0 Å². The number of ether oxygens (including phenoxy) is 4. The molecule has 1 heterocycles. The molecule has 0 fully saturated rings. The number of rotatable bonds is 7. The van der Waals surface area contributed by atoms with Gasteiger partial charge in [-0.3, -0.25) is 9.59 Å². The van der Waals surface area contributed by atoms with Crippen molar-refractivity contribution in [2.75, 3.05) is 33.3 Å². The lowest BCUT2D eigenvalue weighted by Gasteiger charge is -2.19. The maximum atomic E-state index is 12.7. The molecule has 1 aromatic heterocycles. The Bertz CT molecular complexity index is 1190. The van der Waals surface area contributed by atoms with Gasteiger partial charge in [0.2, 0.25) is 0 Å². The van der Waals surface area contributed by atoms with E-state index < -0.39 is 17.4 Å². The van der Waals surface area contributed by atoms with Gasteiger partial charge in [-0.15, -0.1) is 0 Å². The van der Waals surface area contributed by atoms with Crippen LogP contribution in [0, 0.1) is 6.92 Å². The van der Waals surface area contributed by atoms with Crippen LogP contribution < -0.4 is 25.1 Å². The molecule has 0 aliphatic carbocycles. The first-order chi connectivity index (χ1) is 14.9. The third-order valence-electron chi connectivity index (χ3n) is 4.36. The van der Waals surface area contributed by atoms with Gasteiger partial charge in [0.25, 0.3) is 11.5 Å². The van der Waals surface area contributed by atoms with Gasteiger partial charge in [0.15, 0.2) is 18.1 Å². The lowest BCUT2D eigenvalue weighted by Crippen LogP contribution is -2.24. The summed E-state index contributed by atoms with van der Waals surface area (Å²) in [5, 5.41) is 2.58. The van der Waals surface area contributed by atoms with Gasteiger partial charge in [0.1, 0.15) is 33.7 Å². The van der Waals surface area contributed by atoms with Crippen LogP contribution in [0.1, 0.15) is 16.2 Å². The number of carbonyl (C=O) groups excluding carboxylic acids is 2. The summed E-state index contributed by atoms with van der Waals surface area (Å²) in [6, 6.07) is 8.73. The molecule has 0 aliphatic heterocycles. The molecule has 0 atom stereocenters. The van der Waals surface area contributed by atoms with Crippen molar-refractivity contribution in [2.24, 2.45) is 0 Å². The number of nitrogens with zero attached hydrogens (tertiary/aromatic N) is 1. The van der Waals surface area contributed by atoms with Crippen LogP contribution in [0.5, 0.6) is 17.2 Å². The van der Waals surface area contributed by atoms with Crippen LogP contribution in [0.2, 0.25) is 0 Å². The van der Waals surface area contributed by atoms with E-state index in [1.54, 1.807) is 31.2 Å². The molecule has 0 bridgehead atoms. The molecule has 2 aromatic carbocycles. The van der Waals surface area contributed by atoms with Gasteiger partial charge in [-0.25, -0.2) is 9.78 Å². The van der Waals surface area contributed by atoms with Crippen molar-refractivity contribution in [1.29, 1.82) is 0 Å². The smallest absolute Gasteiger partial charge is 0.344 e. The molecule has 3 aromatic rings. The van der Waals surface area contributed by atoms with E-state index in [-0.39, 0.29) is 40.3 Å². The van der Waals surface area contributed by atoms with Crippen LogP contribution in [0.3, 0.4) is 0 Å². The van der Waals surface area contributed by atoms with E-state index in [0.29, 0.717) is 11.6 Å². The predicted molar refractivity (Wildman–Crippen MR) is 112 cm³/mol. The molecule has 0 spiro atoms. The molecule has 1 amide bonds. The number of carbonyl (C=O) groups is 2. The van der Waals surface area contributed by atoms with E-state index in [1.807, 2.05) is 6.07 Å². The lowest BCUT2D eigenvalue weighted by atomic mass is 10.1. The standard InChI is InChI=1S/C21H21N3O7/c1-11-22-16-14(20(26)23-11)18(28-2)17(15(19(16)29-3)21(27)30-4)24-13(25)10-31-12-8-6-5-7-9-12/h5-9H,10H2,1-4H3,(H,24,25)(H,22,23,26). The molecule has 0 unspecified atom stereocenters. The summed E-state index contributed by atoms with van der Waals surface area (Å²) in [6.45, 7) is 1.23. The molecule has 31 heavy (non-hydrogen) atoms. The molecule has 0 saturated carbocycles. The first kappa shape index (κ1) is 21.6. The maximum absolute atomic E-state index is 12.7. The van der Waals surface area contributed by atoms with Crippen molar-refractivity contribution in [3.63, 3.8) is 0 Å². The Morgan fingerprint density at radius 3 is 2.35 bits per heavy atom. The third-order valence-corrected chi connectivity index (χ3v) is 4.36. The summed E-state index contributed by atoms with van der Waals surface area (Å²) in [4.78, 5) is 44.7. The highest BCUT2D eigenvalue weighted by Gasteiger charge is 2.30. The number of benzene rings is 2. The highest BCUT2D eigenvalue weighted by molar-refractivity contribution is 6.12. The first-order valence-corrected chi connectivity index (χ1v) is 9.15. The molecule has 10 nitrogen and oxygen atoms in total. The van der Waals surface area contributed by atoms with Crippen LogP contribution in [0.4, 0.5) is 5.69 Å². The van der Waals surface area contributed by atoms with Crippen molar-refractivity contribution < 1.29 is 28.5 Å². The minimum Gasteiger partial charge on any atom is -0.494 e. The van der Waals surface area contributed by atoms with Gasteiger partial charge in [0.05, 0.1) is 21.3 Å². The van der Waals surface area contributed by atoms with Gasteiger partial charge in [-0.1, -0.05) is 18.2 Å². The van der Waals surface area contributed by atoms with Crippen LogP contribution in [0.15, 0.2) is 35.1 Å². The van der Waals surface area contributed by atoms with Crippen molar-refractivity contribution in [3.8, 4) is 17.2 Å². The zero-order valence-corrected chi connectivity index (χ0v) is 17.4. The number of nitrogens with one attached hydrogen (secondary N) is 2. The van der Waals surface area contributed by atoms with Crippen molar-refractivity contribution in [1.82, 2.24) is 9.97 Å². The van der Waals surface area contributed by atoms with E-state index in [0.717, 1.165) is 0 Å². The monoisotopic (exact) mass is 427 g/mol. The number of para-hydroxylation sites is 1. The van der Waals surface area contributed by atoms with Crippen LogP contribution in [-0.2, 0) is 9.53 Å². The summed E-state index contributed by atoms with van der Waals surface area (Å²) in [7, 11) is 3.80. The molecular formula is C21H21N3O7. The van der Waals surface area contributed by atoms with Crippen molar-refractivity contribution >= 4 is 28.5 Å². The number of esters is 1. The largest absolute Gasteiger partial charge is 0.494 e. The summed E-state index contributed by atoms with van der Waals surface area (Å²) in [5.74, 6) is -0.692. The molecule has 0 aliphatic rings. The number of hydrogen-bond acceptors (Lipinski definition) is 8. The van der Waals surface area contributed by atoms with E-state index in [1.165, 1.54) is 21.3 Å². The summed E-state index contributed by atoms with van der Waals surface area (Å²) in [6.07, 6.45) is 0. The molecule has 2 N–H and O–H groups in total. The summed E-state index contributed by atoms with van der Waals surface area (Å²) < 4.78 is 21.1. The quantitative estimate of drug-likeness (QED) is 0.548. The number of methoxy groups -OCH3 is 3. The second-order valence-corrected chi connectivity index (χ2v) is 6.33. The molecule has 10 heteroatoms. The average Bonchev–Trinajstić information content (AvgIpc) is 2.77. The SMILES string of the molecule is COC(=O)c1c(NC(=O)COc2ccccc2)c(OC)c2c(=O)[nH]c(C)nc2c1OC. The fourth-order valence-corrected chi connectivity index (χ4v) is 3.09. The van der Waals surface area contributed by atoms with Crippen molar-refractivity contribution in [3.05, 3.63) is 52.1 Å². The van der Waals surface area contributed by atoms with Gasteiger partial charge in [-0.2, -0.15) is 0 Å². The first-order valence-electron chi connectivity index (χ1n) is 9.15. The number of aromatic nitrogens is 2. The topological polar surface area (TPSA) is 129 Å². The number of H-pyrrole nitrogens is 1. The molecule has 0 radical (unpaired) electrons. The Balaban J connectivity index is 2.15. The highest BCUT2D eigenvalue weighted by Crippen LogP contribution is 2.42. The lowest BCUT2D eigenvalue weighted by molar-refractivity contribution is -0.118. The minimum atomic E-state index is -0.809. The number of aryl methyl sites for hydroxylation is 1. The Labute approximate surface area is 177 Å². The van der Waals surface area contributed by atoms with Gasteiger partial charge in [-0.05, 0) is 19.1 Å². The molecule has 162 valence electrons. The second-order valence-electron chi connectivity index (χ2n) is 6.33. The van der Waals surface area contributed by atoms with Crippen LogP contribution in [0.25, 0.3) is 10.9 Å². The molecule has 3 rings (SSSR count). The molecular weight excluding hydrogens is 406 g/mol. The number of amides is 1. The Kier molecular flexibility index (Phi) is 6.39. The van der Waals surface area contributed by atoms with Gasteiger partial charge < -0.3 is 29.2 Å². The van der Waals surface area contributed by atoms with E-state index >= 15 is 0 Å². The van der Waals surface area contributed by atoms with Crippen LogP contribution in [-0.4, -0.2) is 49.8 Å². The van der Waals surface area contributed by atoms with E-state index in [9.17, 15) is 14.4 Å². The van der Waals surface area contributed by atoms with Gasteiger partial charge >= 0.3 is 5.97 Å². The number of hydrogen-bond donors (Lipinski definition) is 2. The second kappa shape index (κ2) is 9.16. The highest BCUT2D eigenvalue weighted by atomic mass is 16.5. The van der Waals surface area contributed by atoms with E-state index in [4.69, 9.17) is 18.9 Å². The van der Waals surface area contributed by atoms with Crippen molar-refractivity contribution in [2.45, 2.75) is 6.92 Å². The zero-order chi connectivity index (χ0) is 22.5. The normalized spacial score (nSPS) is 10.5. The Morgan fingerprint density at radius 2 is 1.74 bits per heavy atom. The zero-order valence-electron chi connectivity index (χ0n) is 17.4. The Hall–Kier alpha value is -4.08. The van der Waals surface area contributed by atoms with E-state index in [2.05, 4.69) is 15.3 Å². The number of anilines is 1. The predicted octanol–water partition coefficient (Wildman–Crippen LogP) is 2.05. The summed E-state index contributed by atoms with van der Waals surface area (Å²) in [5.41, 5.74) is -0.652. The average molecular weight is 427 g/mol. The Morgan fingerprint density at radius 1 is 1.06 bits per heavy atom. The third kappa shape index (κ3) is 4.27. The summed E-state index contributed by atoms with van der Waals surface area (Å²) >= 11 is 0. The number of aromatic amines is 1. The fraction of sp³-hybridized carbons (Fsp3) is 0.238.